The van der Waals surface area contributed by atoms with Gasteiger partial charge in [0.2, 0.25) is 23.6 Å². The molecule has 5 N–H and O–H groups in total. The number of hydrogen-bond donors (Lipinski definition) is 5. The van der Waals surface area contributed by atoms with Gasteiger partial charge in [0, 0.05) is 44.1 Å². The molecule has 1 aliphatic heterocycles. The molecule has 4 heterocycles. The fourth-order valence-electron chi connectivity index (χ4n) is 9.40. The summed E-state index contributed by atoms with van der Waals surface area (Å²) in [5, 5.41) is 22.0. The Hall–Kier alpha value is -5.99. The number of aliphatic hydroxyl groups is 1. The lowest BCUT2D eigenvalue weighted by Gasteiger charge is -2.35. The number of aromatic nitrogens is 3. The zero-order valence-corrected chi connectivity index (χ0v) is 44.1. The standard InChI is InChI=1S/C54H67F3N8O7S2/c1-33-46(73-32-60-33)35-22-20-34(21-23-35)29-59-49(69)42-28-38(66)31-65(42)50(70)48(53(2,3)4)63-44(67)18-14-9-7-5-6-8-10-15-19-45(68)64-51-61-40-25-24-36(27-43(40)74-51)37-26-41(47(58-30-37)54(55,56)57)62-52(71)72-39-16-12-11-13-17-39/h20-27,30,32,38-39,42,48,66H,5-19,28-29,31H2,1-4H3,(H,59,69)(H,62,71)(H,63,67)(H,61,64,68)/t38-,42+,48-/m1/s1. The third-order valence-corrected chi connectivity index (χ3v) is 15.4. The molecule has 5 aromatic rings. The quantitative estimate of drug-likeness (QED) is 0.0440. The lowest BCUT2D eigenvalue weighted by Crippen LogP contribution is -2.57. The van der Waals surface area contributed by atoms with E-state index in [-0.39, 0.29) is 49.8 Å². The Labute approximate surface area is 437 Å². The van der Waals surface area contributed by atoms with Crippen LogP contribution in [0.3, 0.4) is 0 Å². The number of ether oxygens (including phenoxy) is 1. The minimum atomic E-state index is -4.80. The van der Waals surface area contributed by atoms with Gasteiger partial charge in [0.25, 0.3) is 0 Å². The van der Waals surface area contributed by atoms with Gasteiger partial charge in [0.1, 0.15) is 18.2 Å². The highest BCUT2D eigenvalue weighted by atomic mass is 32.1. The van der Waals surface area contributed by atoms with Crippen molar-refractivity contribution in [3.63, 3.8) is 0 Å². The number of hydrogen-bond acceptors (Lipinski definition) is 12. The minimum Gasteiger partial charge on any atom is -0.446 e. The second-order valence-electron chi connectivity index (χ2n) is 20.4. The molecule has 1 saturated carbocycles. The van der Waals surface area contributed by atoms with Crippen LogP contribution in [0.15, 0.2) is 60.2 Å². The van der Waals surface area contributed by atoms with E-state index in [0.29, 0.717) is 58.6 Å². The molecule has 398 valence electrons. The molecule has 1 saturated heterocycles. The first-order chi connectivity index (χ1) is 35.3. The molecule has 0 bridgehead atoms. The Morgan fingerprint density at radius 1 is 0.824 bits per heavy atom. The number of benzene rings is 2. The van der Waals surface area contributed by atoms with Crippen molar-refractivity contribution >= 4 is 73.4 Å². The second-order valence-corrected chi connectivity index (χ2v) is 22.3. The second kappa shape index (κ2) is 25.5. The number of amides is 5. The number of fused-ring (bicyclic) bond motifs is 1. The molecule has 0 unspecified atom stereocenters. The molecule has 5 amide bonds. The molecule has 20 heteroatoms. The number of likely N-dealkylation sites (tertiary alicyclic amines) is 1. The number of aliphatic hydroxyl groups excluding tert-OH is 1. The third kappa shape index (κ3) is 15.5. The Balaban J connectivity index is 0.781. The third-order valence-electron chi connectivity index (χ3n) is 13.5. The van der Waals surface area contributed by atoms with Gasteiger partial charge >= 0.3 is 12.3 Å². The van der Waals surface area contributed by atoms with Crippen LogP contribution in [0.1, 0.15) is 140 Å². The van der Waals surface area contributed by atoms with E-state index < -0.39 is 53.2 Å². The fraction of sp³-hybridized carbons (Fsp3) is 0.519. The van der Waals surface area contributed by atoms with E-state index >= 15 is 0 Å². The maximum Gasteiger partial charge on any atom is 0.435 e. The van der Waals surface area contributed by atoms with Crippen molar-refractivity contribution in [1.29, 1.82) is 0 Å². The number of halogens is 3. The number of anilines is 2. The lowest BCUT2D eigenvalue weighted by atomic mass is 9.85. The average Bonchev–Trinajstić information content (AvgIpc) is 4.09. The summed E-state index contributed by atoms with van der Waals surface area (Å²) < 4.78 is 47.7. The highest BCUT2D eigenvalue weighted by Gasteiger charge is 2.44. The highest BCUT2D eigenvalue weighted by molar-refractivity contribution is 7.22. The van der Waals surface area contributed by atoms with Gasteiger partial charge in [-0.05, 0) is 85.8 Å². The number of thiazole rings is 2. The number of carbonyl (C=O) groups is 5. The van der Waals surface area contributed by atoms with Crippen LogP contribution >= 0.6 is 22.7 Å². The molecule has 2 fully saturated rings. The molecule has 15 nitrogen and oxygen atoms in total. The molecule has 2 aromatic carbocycles. The number of β-amino-alcohol motifs (C(OH)–C–C–N with tert-alkyl or cyclic N) is 1. The van der Waals surface area contributed by atoms with Crippen LogP contribution < -0.4 is 21.3 Å². The number of rotatable bonds is 21. The number of pyridine rings is 1. The summed E-state index contributed by atoms with van der Waals surface area (Å²) in [4.78, 5) is 81.1. The topological polar surface area (TPSA) is 205 Å². The van der Waals surface area contributed by atoms with Crippen molar-refractivity contribution in [2.75, 3.05) is 17.2 Å². The monoisotopic (exact) mass is 1060 g/mol. The smallest absolute Gasteiger partial charge is 0.435 e. The number of nitrogens with zero attached hydrogens (tertiary/aromatic N) is 4. The van der Waals surface area contributed by atoms with E-state index in [2.05, 4.69) is 36.2 Å². The van der Waals surface area contributed by atoms with Gasteiger partial charge < -0.3 is 30.7 Å². The number of carbonyl (C=O) groups excluding carboxylic acids is 5. The van der Waals surface area contributed by atoms with E-state index in [1.165, 1.54) is 22.3 Å². The zero-order valence-electron chi connectivity index (χ0n) is 42.4. The van der Waals surface area contributed by atoms with Crippen LogP contribution in [0, 0.1) is 12.3 Å². The van der Waals surface area contributed by atoms with Crippen LogP contribution in [0.25, 0.3) is 31.8 Å². The van der Waals surface area contributed by atoms with Gasteiger partial charge in [0.05, 0.1) is 38.1 Å². The Bertz CT molecular complexity index is 2740. The summed E-state index contributed by atoms with van der Waals surface area (Å²) in [5.74, 6) is -1.16. The number of aryl methyl sites for hydroxylation is 1. The largest absolute Gasteiger partial charge is 0.446 e. The van der Waals surface area contributed by atoms with E-state index in [1.807, 2.05) is 57.5 Å². The fourth-order valence-corrected chi connectivity index (χ4v) is 11.1. The van der Waals surface area contributed by atoms with E-state index in [4.69, 9.17) is 4.74 Å². The lowest BCUT2D eigenvalue weighted by molar-refractivity contribution is -0.144. The van der Waals surface area contributed by atoms with Crippen molar-refractivity contribution in [3.05, 3.63) is 77.2 Å². The summed E-state index contributed by atoms with van der Waals surface area (Å²) in [6.45, 7) is 7.83. The molecule has 0 radical (unpaired) electrons. The molecule has 0 spiro atoms. The number of alkyl halides is 3. The van der Waals surface area contributed by atoms with Gasteiger partial charge in [-0.3, -0.25) is 24.5 Å². The molecule has 3 aromatic heterocycles. The molecular weight excluding hydrogens is 994 g/mol. The predicted molar refractivity (Wildman–Crippen MR) is 281 cm³/mol. The van der Waals surface area contributed by atoms with E-state index in [0.717, 1.165) is 85.7 Å². The van der Waals surface area contributed by atoms with E-state index in [1.54, 1.807) is 29.5 Å². The van der Waals surface area contributed by atoms with Gasteiger partial charge in [-0.1, -0.05) is 107 Å². The maximum atomic E-state index is 14.0. The summed E-state index contributed by atoms with van der Waals surface area (Å²) in [6, 6.07) is 12.5. The number of unbranched alkanes of at least 4 members (excludes halogenated alkanes) is 7. The van der Waals surface area contributed by atoms with Crippen LogP contribution in [0.4, 0.5) is 28.8 Å². The first-order valence-electron chi connectivity index (χ1n) is 25.6. The van der Waals surface area contributed by atoms with Gasteiger partial charge in [-0.25, -0.2) is 19.7 Å². The van der Waals surface area contributed by atoms with Gasteiger partial charge in [-0.2, -0.15) is 13.2 Å². The Morgan fingerprint density at radius 3 is 2.14 bits per heavy atom. The van der Waals surface area contributed by atoms with Crippen molar-refractivity contribution in [2.45, 2.75) is 167 Å². The van der Waals surface area contributed by atoms with Crippen LogP contribution in [-0.4, -0.2) is 85.5 Å². The maximum absolute atomic E-state index is 14.0. The predicted octanol–water partition coefficient (Wildman–Crippen LogP) is 11.3. The molecule has 2 aliphatic rings. The summed E-state index contributed by atoms with van der Waals surface area (Å²) >= 11 is 2.82. The zero-order chi connectivity index (χ0) is 53.0. The van der Waals surface area contributed by atoms with E-state index in [9.17, 15) is 42.3 Å². The molecule has 1 aliphatic carbocycles. The van der Waals surface area contributed by atoms with Crippen molar-refractivity contribution in [1.82, 2.24) is 30.5 Å². The molecule has 74 heavy (non-hydrogen) atoms. The minimum absolute atomic E-state index is 0.00416. The van der Waals surface area contributed by atoms with Crippen molar-refractivity contribution in [2.24, 2.45) is 5.41 Å². The van der Waals surface area contributed by atoms with Crippen LogP contribution in [0.5, 0.6) is 0 Å². The molecule has 7 rings (SSSR count). The average molecular weight is 1060 g/mol. The Kier molecular flexibility index (Phi) is 19.2. The summed E-state index contributed by atoms with van der Waals surface area (Å²) in [7, 11) is 0. The highest BCUT2D eigenvalue weighted by Crippen LogP contribution is 2.38. The van der Waals surface area contributed by atoms with Crippen LogP contribution in [-0.2, 0) is 36.6 Å². The summed E-state index contributed by atoms with van der Waals surface area (Å²) in [6.07, 6.45) is 5.96. The number of nitrogens with one attached hydrogen (secondary N) is 4. The van der Waals surface area contributed by atoms with Gasteiger partial charge in [-0.15, -0.1) is 11.3 Å². The van der Waals surface area contributed by atoms with Crippen molar-refractivity contribution in [3.8, 4) is 21.6 Å². The normalized spacial score (nSPS) is 16.7. The first kappa shape index (κ1) is 55.8. The first-order valence-corrected chi connectivity index (χ1v) is 27.3. The van der Waals surface area contributed by atoms with Crippen molar-refractivity contribution < 1.29 is 47.0 Å². The molecular formula is C54H67F3N8O7S2. The van der Waals surface area contributed by atoms with Crippen LogP contribution in [0.2, 0.25) is 0 Å². The summed E-state index contributed by atoms with van der Waals surface area (Å²) in [5.41, 5.74) is 3.87. The SMILES string of the molecule is Cc1ncsc1-c1ccc(CNC(=O)[C@@H]2C[C@@H](O)CN2C(=O)[C@@H](NC(=O)CCCCCCCCCCC(=O)Nc2nc3ccc(-c4cnc(C(F)(F)F)c(NC(=O)OC5CCCCC5)c4)cc3s2)C(C)(C)C)cc1. The van der Waals surface area contributed by atoms with Gasteiger partial charge in [0.15, 0.2) is 10.8 Å². The molecule has 3 atom stereocenters. The Morgan fingerprint density at radius 2 is 1.49 bits per heavy atom.